The van der Waals surface area contributed by atoms with Crippen LogP contribution in [-0.2, 0) is 11.4 Å². The topological polar surface area (TPSA) is 12.5 Å². The van der Waals surface area contributed by atoms with Crippen LogP contribution >= 0.6 is 0 Å². The highest BCUT2D eigenvalue weighted by atomic mass is 16.7. The summed E-state index contributed by atoms with van der Waals surface area (Å²) in [5, 5.41) is 2.11. The minimum Gasteiger partial charge on any atom is -0.409 e. The van der Waals surface area contributed by atoms with Crippen molar-refractivity contribution in [2.75, 3.05) is 0 Å². The van der Waals surface area contributed by atoms with Crippen LogP contribution in [-0.4, -0.2) is 11.1 Å². The summed E-state index contributed by atoms with van der Waals surface area (Å²) in [6.45, 7) is 11.9. The van der Waals surface area contributed by atoms with Gasteiger partial charge in [-0.2, -0.15) is 0 Å². The Balaban J connectivity index is 2.14. The number of hydrogen-bond donors (Lipinski definition) is 0. The van der Waals surface area contributed by atoms with Crippen molar-refractivity contribution in [3.05, 3.63) is 47.7 Å². The summed E-state index contributed by atoms with van der Waals surface area (Å²) in [5.41, 5.74) is 1.36. The molecule has 0 spiro atoms. The lowest BCUT2D eigenvalue weighted by atomic mass is 9.91. The predicted octanol–water partition coefficient (Wildman–Crippen LogP) is 4.39. The summed E-state index contributed by atoms with van der Waals surface area (Å²) in [7, 11) is 0. The number of benzene rings is 1. The molecule has 1 atom stereocenters. The summed E-state index contributed by atoms with van der Waals surface area (Å²) in [4.78, 5) is 6.10. The van der Waals surface area contributed by atoms with Gasteiger partial charge in [-0.15, -0.1) is 5.06 Å². The number of nitrogens with zero attached hydrogens (tertiary/aromatic N) is 1. The molecule has 0 saturated heterocycles. The zero-order valence-electron chi connectivity index (χ0n) is 12.7. The Labute approximate surface area is 117 Å². The molecule has 1 aliphatic heterocycles. The first kappa shape index (κ1) is 14.1. The van der Waals surface area contributed by atoms with Crippen molar-refractivity contribution < 1.29 is 4.84 Å². The number of hydroxylamine groups is 2. The van der Waals surface area contributed by atoms with Crippen molar-refractivity contribution in [1.82, 2.24) is 5.06 Å². The van der Waals surface area contributed by atoms with Crippen LogP contribution < -0.4 is 0 Å². The van der Waals surface area contributed by atoms with Crippen LogP contribution in [0.4, 0.5) is 0 Å². The molecule has 0 bridgehead atoms. The molecule has 0 fully saturated rings. The molecule has 2 heteroatoms. The maximum Gasteiger partial charge on any atom is 0.127 e. The van der Waals surface area contributed by atoms with Crippen molar-refractivity contribution in [1.29, 1.82) is 0 Å². The van der Waals surface area contributed by atoms with Gasteiger partial charge in [0.25, 0.3) is 0 Å². The third-order valence-electron chi connectivity index (χ3n) is 3.47. The summed E-state index contributed by atoms with van der Waals surface area (Å²) in [6.07, 6.45) is 2.29. The molecule has 1 heterocycles. The predicted molar refractivity (Wildman–Crippen MR) is 79.2 cm³/mol. The molecule has 2 rings (SSSR count). The van der Waals surface area contributed by atoms with Crippen LogP contribution in [0.2, 0.25) is 0 Å². The lowest BCUT2D eigenvalue weighted by molar-refractivity contribution is -0.146. The molecule has 2 nitrogen and oxygen atoms in total. The Bertz CT molecular complexity index is 442. The molecule has 0 saturated carbocycles. The van der Waals surface area contributed by atoms with E-state index in [2.05, 4.69) is 70.0 Å². The van der Waals surface area contributed by atoms with Gasteiger partial charge < -0.3 is 4.84 Å². The van der Waals surface area contributed by atoms with E-state index < -0.39 is 0 Å². The van der Waals surface area contributed by atoms with E-state index in [0.717, 1.165) is 12.3 Å². The van der Waals surface area contributed by atoms with Crippen LogP contribution in [0.3, 0.4) is 0 Å². The van der Waals surface area contributed by atoms with Gasteiger partial charge >= 0.3 is 0 Å². The molecule has 104 valence electrons. The molecule has 0 N–H and O–H groups in total. The molecule has 1 aliphatic rings. The summed E-state index contributed by atoms with van der Waals surface area (Å²) in [6, 6.07) is 10.9. The second-order valence-corrected chi connectivity index (χ2v) is 6.67. The highest BCUT2D eigenvalue weighted by molar-refractivity contribution is 5.17. The van der Waals surface area contributed by atoms with Crippen molar-refractivity contribution in [2.24, 2.45) is 11.3 Å². The van der Waals surface area contributed by atoms with Gasteiger partial charge in [-0.3, -0.25) is 0 Å². The zero-order valence-corrected chi connectivity index (χ0v) is 12.7. The molecule has 19 heavy (non-hydrogen) atoms. The first-order valence-electron chi connectivity index (χ1n) is 7.09. The monoisotopic (exact) mass is 259 g/mol. The van der Waals surface area contributed by atoms with Gasteiger partial charge in [0.2, 0.25) is 0 Å². The largest absolute Gasteiger partial charge is 0.409 e. The number of hydrogen-bond acceptors (Lipinski definition) is 2. The van der Waals surface area contributed by atoms with Gasteiger partial charge in [-0.05, 0) is 17.6 Å². The maximum atomic E-state index is 6.10. The van der Waals surface area contributed by atoms with Gasteiger partial charge in [0.05, 0.1) is 12.6 Å². The smallest absolute Gasteiger partial charge is 0.127 e. The van der Waals surface area contributed by atoms with Crippen molar-refractivity contribution >= 4 is 0 Å². The third-order valence-corrected chi connectivity index (χ3v) is 3.47. The molecule has 1 aromatic rings. The lowest BCUT2D eigenvalue weighted by Crippen LogP contribution is -2.32. The fourth-order valence-electron chi connectivity index (χ4n) is 2.27. The minimum atomic E-state index is 0.0680. The van der Waals surface area contributed by atoms with Gasteiger partial charge in [-0.1, -0.05) is 65.0 Å². The van der Waals surface area contributed by atoms with E-state index in [9.17, 15) is 0 Å². The summed E-state index contributed by atoms with van der Waals surface area (Å²) >= 11 is 0. The van der Waals surface area contributed by atoms with Crippen molar-refractivity contribution in [2.45, 2.75) is 47.2 Å². The fourth-order valence-corrected chi connectivity index (χ4v) is 2.27. The van der Waals surface area contributed by atoms with Gasteiger partial charge in [0.15, 0.2) is 0 Å². The van der Waals surface area contributed by atoms with Gasteiger partial charge in [-0.25, -0.2) is 0 Å². The second-order valence-electron chi connectivity index (χ2n) is 6.67. The van der Waals surface area contributed by atoms with Crippen molar-refractivity contribution in [3.63, 3.8) is 0 Å². The Hall–Kier alpha value is -1.28. The van der Waals surface area contributed by atoms with E-state index in [1.54, 1.807) is 0 Å². The van der Waals surface area contributed by atoms with Crippen LogP contribution in [0.1, 0.15) is 40.2 Å². The maximum absolute atomic E-state index is 6.10. The summed E-state index contributed by atoms with van der Waals surface area (Å²) in [5.74, 6) is 1.63. The van der Waals surface area contributed by atoms with E-state index in [-0.39, 0.29) is 5.41 Å². The Morgan fingerprint density at radius 1 is 1.16 bits per heavy atom. The van der Waals surface area contributed by atoms with E-state index in [0.29, 0.717) is 12.0 Å². The molecule has 1 aromatic carbocycles. The first-order chi connectivity index (χ1) is 8.88. The fraction of sp³-hybridized carbons (Fsp3) is 0.529. The van der Waals surface area contributed by atoms with Crippen molar-refractivity contribution in [3.8, 4) is 0 Å². The second kappa shape index (κ2) is 5.38. The Morgan fingerprint density at radius 2 is 1.79 bits per heavy atom. The van der Waals surface area contributed by atoms with E-state index in [4.69, 9.17) is 4.84 Å². The average molecular weight is 259 g/mol. The lowest BCUT2D eigenvalue weighted by Gasteiger charge is -2.27. The van der Waals surface area contributed by atoms with Crippen LogP contribution in [0, 0.1) is 11.3 Å². The van der Waals surface area contributed by atoms with Crippen LogP contribution in [0.25, 0.3) is 0 Å². The van der Waals surface area contributed by atoms with Gasteiger partial charge in [0.1, 0.15) is 5.76 Å². The normalized spacial score (nSPS) is 20.5. The number of rotatable bonds is 3. The number of allylic oxidation sites excluding steroid dienone is 1. The van der Waals surface area contributed by atoms with E-state index in [1.807, 2.05) is 6.07 Å². The molecule has 0 aliphatic carbocycles. The molecule has 0 amide bonds. The molecule has 0 aromatic heterocycles. The molecular weight excluding hydrogens is 234 g/mol. The average Bonchev–Trinajstić information content (AvgIpc) is 2.74. The highest BCUT2D eigenvalue weighted by Crippen LogP contribution is 2.35. The Kier molecular flexibility index (Phi) is 4.00. The Morgan fingerprint density at radius 3 is 2.32 bits per heavy atom. The molecular formula is C17H25NO. The molecule has 1 unspecified atom stereocenters. The SMILES string of the molecule is CC(C)C1C=C(C(C)(C)C)ON1Cc1ccccc1. The molecule has 0 radical (unpaired) electrons. The van der Waals surface area contributed by atoms with Crippen LogP contribution in [0.5, 0.6) is 0 Å². The zero-order chi connectivity index (χ0) is 14.0. The highest BCUT2D eigenvalue weighted by Gasteiger charge is 2.34. The van der Waals surface area contributed by atoms with E-state index >= 15 is 0 Å². The first-order valence-corrected chi connectivity index (χ1v) is 7.09. The minimum absolute atomic E-state index is 0.0680. The van der Waals surface area contributed by atoms with Crippen LogP contribution in [0.15, 0.2) is 42.2 Å². The quantitative estimate of drug-likeness (QED) is 0.798. The standard InChI is InChI=1S/C17H25NO/c1-13(2)15-11-16(17(3,4)5)19-18(15)12-14-9-7-6-8-10-14/h6-11,13,15H,12H2,1-5H3. The summed E-state index contributed by atoms with van der Waals surface area (Å²) < 4.78 is 0. The third kappa shape index (κ3) is 3.38. The van der Waals surface area contributed by atoms with Gasteiger partial charge in [0, 0.05) is 5.41 Å². The van der Waals surface area contributed by atoms with E-state index in [1.165, 1.54) is 5.56 Å².